The summed E-state index contributed by atoms with van der Waals surface area (Å²) in [5.41, 5.74) is 4.36. The molecule has 0 radical (unpaired) electrons. The lowest BCUT2D eigenvalue weighted by Crippen LogP contribution is -2.23. The summed E-state index contributed by atoms with van der Waals surface area (Å²) in [5.74, 6) is 0.641. The van der Waals surface area contributed by atoms with Crippen LogP contribution in [0.3, 0.4) is 0 Å². The number of halogens is 2. The largest absolute Gasteiger partial charge is 0.489 e. The molecule has 29 heavy (non-hydrogen) atoms. The van der Waals surface area contributed by atoms with Crippen LogP contribution in [0.1, 0.15) is 39.7 Å². The number of nitrogens with one attached hydrogen (secondary N) is 1. The molecular weight excluding hydrogens is 454 g/mol. The molecule has 0 atom stereocenters. The molecule has 0 aliphatic heterocycles. The molecule has 1 heterocycles. The molecule has 0 saturated heterocycles. The van der Waals surface area contributed by atoms with Crippen LogP contribution in [-0.4, -0.2) is 15.7 Å². The van der Waals surface area contributed by atoms with Crippen LogP contribution in [0.4, 0.5) is 0 Å². The van der Waals surface area contributed by atoms with Gasteiger partial charge in [0.05, 0.1) is 16.7 Å². The molecule has 1 N–H and O–H groups in total. The molecular formula is C22H23BrClN3O2. The number of hydrogen-bond donors (Lipinski definition) is 1. The predicted molar refractivity (Wildman–Crippen MR) is 118 cm³/mol. The summed E-state index contributed by atoms with van der Waals surface area (Å²) in [4.78, 5) is 12.4. The van der Waals surface area contributed by atoms with Crippen LogP contribution in [0.15, 0.2) is 47.1 Å². The molecule has 2 aromatic carbocycles. The minimum Gasteiger partial charge on any atom is -0.489 e. The first-order valence-electron chi connectivity index (χ1n) is 9.36. The maximum atomic E-state index is 12.4. The van der Waals surface area contributed by atoms with Crippen molar-refractivity contribution in [2.45, 2.75) is 40.5 Å². The van der Waals surface area contributed by atoms with Crippen molar-refractivity contribution in [3.63, 3.8) is 0 Å². The maximum Gasteiger partial charge on any atom is 0.251 e. The van der Waals surface area contributed by atoms with E-state index in [0.717, 1.165) is 44.2 Å². The van der Waals surface area contributed by atoms with Crippen LogP contribution in [0.2, 0.25) is 5.02 Å². The van der Waals surface area contributed by atoms with Gasteiger partial charge < -0.3 is 10.1 Å². The predicted octanol–water partition coefficient (Wildman–Crippen LogP) is 5.44. The van der Waals surface area contributed by atoms with E-state index in [1.54, 1.807) is 12.1 Å². The quantitative estimate of drug-likeness (QED) is 0.494. The van der Waals surface area contributed by atoms with Crippen molar-refractivity contribution in [2.75, 3.05) is 0 Å². The van der Waals surface area contributed by atoms with Gasteiger partial charge in [0, 0.05) is 23.3 Å². The Balaban J connectivity index is 1.56. The highest BCUT2D eigenvalue weighted by molar-refractivity contribution is 9.10. The molecule has 3 aromatic rings. The number of aromatic nitrogens is 2. The zero-order valence-electron chi connectivity index (χ0n) is 16.6. The molecule has 0 saturated carbocycles. The van der Waals surface area contributed by atoms with Gasteiger partial charge in [-0.15, -0.1) is 0 Å². The number of amides is 1. The van der Waals surface area contributed by atoms with Crippen molar-refractivity contribution in [3.8, 4) is 5.75 Å². The van der Waals surface area contributed by atoms with Gasteiger partial charge in [-0.05, 0) is 77.7 Å². The molecule has 1 amide bonds. The van der Waals surface area contributed by atoms with E-state index in [2.05, 4.69) is 26.3 Å². The number of carbonyl (C=O) groups excluding carboxylic acids is 1. The highest BCUT2D eigenvalue weighted by Gasteiger charge is 2.10. The van der Waals surface area contributed by atoms with E-state index in [1.807, 2.05) is 55.9 Å². The first-order valence-corrected chi connectivity index (χ1v) is 10.5. The van der Waals surface area contributed by atoms with Crippen LogP contribution >= 0.6 is 27.5 Å². The van der Waals surface area contributed by atoms with Gasteiger partial charge in [0.1, 0.15) is 12.4 Å². The minimum absolute atomic E-state index is 0.139. The first kappa shape index (κ1) is 21.4. The van der Waals surface area contributed by atoms with Gasteiger partial charge in [-0.25, -0.2) is 0 Å². The zero-order valence-corrected chi connectivity index (χ0v) is 19.0. The third kappa shape index (κ3) is 5.40. The van der Waals surface area contributed by atoms with Gasteiger partial charge in [0.25, 0.3) is 5.91 Å². The number of nitrogens with zero attached hydrogens (tertiary/aromatic N) is 2. The maximum absolute atomic E-state index is 12.4. The summed E-state index contributed by atoms with van der Waals surface area (Å²) in [7, 11) is 0. The molecule has 3 rings (SSSR count). The van der Waals surface area contributed by atoms with E-state index in [1.165, 1.54) is 0 Å². The first-order chi connectivity index (χ1) is 13.9. The Morgan fingerprint density at radius 2 is 1.86 bits per heavy atom. The molecule has 0 aliphatic carbocycles. The molecule has 7 heteroatoms. The fraction of sp³-hybridized carbons (Fsp3) is 0.273. The summed E-state index contributed by atoms with van der Waals surface area (Å²) < 4.78 is 8.58. The lowest BCUT2D eigenvalue weighted by Gasteiger charge is -2.10. The average molecular weight is 477 g/mol. The lowest BCUT2D eigenvalue weighted by atomic mass is 10.1. The molecule has 1 aromatic heterocycles. The summed E-state index contributed by atoms with van der Waals surface area (Å²) in [6, 6.07) is 11.2. The van der Waals surface area contributed by atoms with Gasteiger partial charge in [-0.3, -0.25) is 9.48 Å². The Kier molecular flexibility index (Phi) is 6.98. The fourth-order valence-electron chi connectivity index (χ4n) is 2.89. The van der Waals surface area contributed by atoms with E-state index in [0.29, 0.717) is 18.7 Å². The van der Waals surface area contributed by atoms with E-state index in [-0.39, 0.29) is 5.91 Å². The lowest BCUT2D eigenvalue weighted by molar-refractivity contribution is 0.0950. The summed E-state index contributed by atoms with van der Waals surface area (Å²) in [5, 5.41) is 8.07. The third-order valence-electron chi connectivity index (χ3n) is 4.56. The standard InChI is InChI=1S/C22H23BrClN3O2/c1-4-27-12-19(23)20(26-27)11-25-22(28)17-7-5-16(6-8-17)13-29-18-9-14(2)21(24)15(3)10-18/h5-10,12H,4,11,13H2,1-3H3,(H,25,28). The third-order valence-corrected chi connectivity index (χ3v) is 5.82. The Hall–Kier alpha value is -2.31. The molecule has 0 spiro atoms. The van der Waals surface area contributed by atoms with Gasteiger partial charge in [0.2, 0.25) is 0 Å². The van der Waals surface area contributed by atoms with Crippen LogP contribution in [0, 0.1) is 13.8 Å². The second kappa shape index (κ2) is 9.46. The van der Waals surface area contributed by atoms with Crippen molar-refractivity contribution >= 4 is 33.4 Å². The molecule has 0 aliphatic rings. The highest BCUT2D eigenvalue weighted by Crippen LogP contribution is 2.26. The summed E-state index contributed by atoms with van der Waals surface area (Å²) >= 11 is 9.66. The van der Waals surface area contributed by atoms with Gasteiger partial charge in [-0.1, -0.05) is 23.7 Å². The monoisotopic (exact) mass is 475 g/mol. The van der Waals surface area contributed by atoms with E-state index < -0.39 is 0 Å². The Morgan fingerprint density at radius 1 is 1.21 bits per heavy atom. The van der Waals surface area contributed by atoms with Crippen molar-refractivity contribution in [1.82, 2.24) is 15.1 Å². The summed E-state index contributed by atoms with van der Waals surface area (Å²) in [6.45, 7) is 7.51. The smallest absolute Gasteiger partial charge is 0.251 e. The van der Waals surface area contributed by atoms with E-state index in [9.17, 15) is 4.79 Å². The number of rotatable bonds is 7. The fourth-order valence-corrected chi connectivity index (χ4v) is 3.46. The van der Waals surface area contributed by atoms with Crippen molar-refractivity contribution in [2.24, 2.45) is 0 Å². The van der Waals surface area contributed by atoms with Crippen molar-refractivity contribution in [3.05, 3.63) is 80.0 Å². The molecule has 0 unspecified atom stereocenters. The normalized spacial score (nSPS) is 10.8. The number of carbonyl (C=O) groups is 1. The van der Waals surface area contributed by atoms with Crippen molar-refractivity contribution < 1.29 is 9.53 Å². The Morgan fingerprint density at radius 3 is 2.45 bits per heavy atom. The SMILES string of the molecule is CCn1cc(Br)c(CNC(=O)c2ccc(COc3cc(C)c(Cl)c(C)c3)cc2)n1. The van der Waals surface area contributed by atoms with Gasteiger partial charge in [0.15, 0.2) is 0 Å². The number of ether oxygens (including phenoxy) is 1. The van der Waals surface area contributed by atoms with E-state index in [4.69, 9.17) is 16.3 Å². The van der Waals surface area contributed by atoms with Gasteiger partial charge >= 0.3 is 0 Å². The topological polar surface area (TPSA) is 56.2 Å². The zero-order chi connectivity index (χ0) is 21.0. The van der Waals surface area contributed by atoms with Crippen LogP contribution in [0.25, 0.3) is 0 Å². The van der Waals surface area contributed by atoms with Crippen LogP contribution in [-0.2, 0) is 19.7 Å². The molecule has 5 nitrogen and oxygen atoms in total. The second-order valence-corrected chi connectivity index (χ2v) is 8.05. The molecule has 0 bridgehead atoms. The van der Waals surface area contributed by atoms with E-state index >= 15 is 0 Å². The highest BCUT2D eigenvalue weighted by atomic mass is 79.9. The molecule has 0 fully saturated rings. The van der Waals surface area contributed by atoms with Crippen LogP contribution in [0.5, 0.6) is 5.75 Å². The Bertz CT molecular complexity index is 992. The number of benzene rings is 2. The second-order valence-electron chi connectivity index (χ2n) is 6.82. The minimum atomic E-state index is -0.139. The number of aryl methyl sites for hydroxylation is 3. The van der Waals surface area contributed by atoms with Crippen LogP contribution < -0.4 is 10.1 Å². The average Bonchev–Trinajstić information content (AvgIpc) is 3.08. The summed E-state index contributed by atoms with van der Waals surface area (Å²) in [6.07, 6.45) is 1.90. The van der Waals surface area contributed by atoms with Crippen molar-refractivity contribution in [1.29, 1.82) is 0 Å². The molecule has 152 valence electrons. The van der Waals surface area contributed by atoms with Gasteiger partial charge in [-0.2, -0.15) is 5.10 Å². The Labute approximate surface area is 184 Å². The number of hydrogen-bond acceptors (Lipinski definition) is 3.